The van der Waals surface area contributed by atoms with E-state index in [-0.39, 0.29) is 5.02 Å². The van der Waals surface area contributed by atoms with E-state index in [1.54, 1.807) is 0 Å². The molecule has 0 spiro atoms. The van der Waals surface area contributed by atoms with Gasteiger partial charge in [0.1, 0.15) is 16.7 Å². The van der Waals surface area contributed by atoms with Gasteiger partial charge in [-0.15, -0.1) is 0 Å². The van der Waals surface area contributed by atoms with Gasteiger partial charge in [-0.05, 0) is 111 Å². The first kappa shape index (κ1) is 18.7. The van der Waals surface area contributed by atoms with Crippen LogP contribution in [0.2, 0.25) is 5.02 Å². The van der Waals surface area contributed by atoms with E-state index >= 15 is 0 Å². The van der Waals surface area contributed by atoms with Gasteiger partial charge >= 0.3 is 0 Å². The molecule has 0 saturated heterocycles. The van der Waals surface area contributed by atoms with E-state index in [0.717, 1.165) is 48.0 Å². The number of fused-ring (bicyclic) bond motifs is 1. The van der Waals surface area contributed by atoms with E-state index < -0.39 is 11.6 Å². The number of benzene rings is 1. The minimum Gasteiger partial charge on any atom is -0.205 e. The molecule has 144 valence electrons. The van der Waals surface area contributed by atoms with Crippen LogP contribution in [0.15, 0.2) is 12.1 Å². The normalized spacial score (nSPS) is 38.0. The predicted octanol–water partition coefficient (Wildman–Crippen LogP) is 7.74. The predicted molar refractivity (Wildman–Crippen MR) is 103 cm³/mol. The van der Waals surface area contributed by atoms with Gasteiger partial charge in [0.2, 0.25) is 0 Å². The topological polar surface area (TPSA) is 0 Å². The van der Waals surface area contributed by atoms with Crippen molar-refractivity contribution in [3.05, 3.63) is 34.4 Å². The standard InChI is InChI=1S/C23H31ClF2/c1-14-2-3-19-11-18(9-8-17(19)10-14)15-4-6-16(7-5-15)20-12-21(25)23(24)22(26)13-20/h12-19H,2-11H2,1H3. The smallest absolute Gasteiger partial charge is 0.145 e. The van der Waals surface area contributed by atoms with Gasteiger partial charge in [0, 0.05) is 0 Å². The van der Waals surface area contributed by atoms with E-state index in [0.29, 0.717) is 5.92 Å². The summed E-state index contributed by atoms with van der Waals surface area (Å²) in [5, 5.41) is -0.374. The van der Waals surface area contributed by atoms with E-state index in [4.69, 9.17) is 11.6 Å². The van der Waals surface area contributed by atoms with Gasteiger partial charge in [0.15, 0.2) is 0 Å². The highest BCUT2D eigenvalue weighted by molar-refractivity contribution is 6.30. The summed E-state index contributed by atoms with van der Waals surface area (Å²) in [6.07, 6.45) is 13.2. The lowest BCUT2D eigenvalue weighted by molar-refractivity contribution is 0.0672. The van der Waals surface area contributed by atoms with Crippen molar-refractivity contribution in [2.45, 2.75) is 77.0 Å². The van der Waals surface area contributed by atoms with Crippen LogP contribution in [-0.2, 0) is 0 Å². The van der Waals surface area contributed by atoms with Crippen LogP contribution in [0.5, 0.6) is 0 Å². The second-order valence-electron chi connectivity index (χ2n) is 9.42. The summed E-state index contributed by atoms with van der Waals surface area (Å²) in [5.74, 6) is 3.68. The average Bonchev–Trinajstić information content (AvgIpc) is 2.65. The van der Waals surface area contributed by atoms with Crippen LogP contribution in [0.4, 0.5) is 8.78 Å². The molecule has 4 atom stereocenters. The molecule has 26 heavy (non-hydrogen) atoms. The zero-order chi connectivity index (χ0) is 18.3. The summed E-state index contributed by atoms with van der Waals surface area (Å²) in [4.78, 5) is 0. The molecule has 0 aromatic heterocycles. The Kier molecular flexibility index (Phi) is 5.60. The molecule has 0 heterocycles. The van der Waals surface area contributed by atoms with E-state index in [1.807, 2.05) is 0 Å². The van der Waals surface area contributed by atoms with Crippen LogP contribution in [-0.4, -0.2) is 0 Å². The molecule has 0 aliphatic heterocycles. The van der Waals surface area contributed by atoms with E-state index in [9.17, 15) is 8.78 Å². The molecule has 3 aliphatic rings. The SMILES string of the molecule is CC1CCC2CC(C3CCC(c4cc(F)c(Cl)c(F)c4)CC3)CCC2C1. The third-order valence-corrected chi connectivity index (χ3v) is 8.19. The molecule has 4 unspecified atom stereocenters. The van der Waals surface area contributed by atoms with Crippen LogP contribution in [0, 0.1) is 41.2 Å². The van der Waals surface area contributed by atoms with Crippen molar-refractivity contribution in [3.63, 3.8) is 0 Å². The quantitative estimate of drug-likeness (QED) is 0.460. The molecular weight excluding hydrogens is 350 g/mol. The van der Waals surface area contributed by atoms with Gasteiger partial charge in [0.05, 0.1) is 0 Å². The van der Waals surface area contributed by atoms with Gasteiger partial charge in [-0.3, -0.25) is 0 Å². The Morgan fingerprint density at radius 1 is 0.731 bits per heavy atom. The summed E-state index contributed by atoms with van der Waals surface area (Å²) in [7, 11) is 0. The maximum atomic E-state index is 13.8. The molecule has 1 aromatic carbocycles. The summed E-state index contributed by atoms with van der Waals surface area (Å²) in [6.45, 7) is 2.42. The highest BCUT2D eigenvalue weighted by Crippen LogP contribution is 2.49. The van der Waals surface area contributed by atoms with Crippen LogP contribution >= 0.6 is 11.6 Å². The summed E-state index contributed by atoms with van der Waals surface area (Å²) < 4.78 is 27.6. The van der Waals surface area contributed by atoms with Gasteiger partial charge in [-0.1, -0.05) is 24.9 Å². The highest BCUT2D eigenvalue weighted by Gasteiger charge is 2.38. The Bertz CT molecular complexity index is 612. The van der Waals surface area contributed by atoms with Gasteiger partial charge < -0.3 is 0 Å². The lowest BCUT2D eigenvalue weighted by Crippen LogP contribution is -2.34. The van der Waals surface area contributed by atoms with Gasteiger partial charge in [-0.2, -0.15) is 0 Å². The van der Waals surface area contributed by atoms with Crippen LogP contribution in [0.25, 0.3) is 0 Å². The Labute approximate surface area is 161 Å². The first-order valence-electron chi connectivity index (χ1n) is 10.7. The van der Waals surface area contributed by atoms with Crippen molar-refractivity contribution in [1.82, 2.24) is 0 Å². The van der Waals surface area contributed by atoms with Crippen LogP contribution in [0.1, 0.15) is 82.6 Å². The zero-order valence-electron chi connectivity index (χ0n) is 15.8. The van der Waals surface area contributed by atoms with E-state index in [2.05, 4.69) is 6.92 Å². The van der Waals surface area contributed by atoms with Crippen molar-refractivity contribution < 1.29 is 8.78 Å². The Hall–Kier alpha value is -0.630. The second kappa shape index (κ2) is 7.78. The zero-order valence-corrected chi connectivity index (χ0v) is 16.6. The monoisotopic (exact) mass is 380 g/mol. The maximum absolute atomic E-state index is 13.8. The molecule has 1 aromatic rings. The summed E-state index contributed by atoms with van der Waals surface area (Å²) in [6, 6.07) is 2.90. The molecule has 0 radical (unpaired) electrons. The fourth-order valence-electron chi connectivity index (χ4n) is 6.32. The molecule has 3 saturated carbocycles. The minimum absolute atomic E-state index is 0.291. The highest BCUT2D eigenvalue weighted by atomic mass is 35.5. The molecule has 3 heteroatoms. The van der Waals surface area contributed by atoms with Gasteiger partial charge in [0.25, 0.3) is 0 Å². The Morgan fingerprint density at radius 2 is 1.23 bits per heavy atom. The Balaban J connectivity index is 1.34. The number of rotatable bonds is 2. The molecule has 0 nitrogen and oxygen atoms in total. The first-order chi connectivity index (χ1) is 12.5. The summed E-state index contributed by atoms with van der Waals surface area (Å²) >= 11 is 5.63. The number of hydrogen-bond acceptors (Lipinski definition) is 0. The molecule has 3 aliphatic carbocycles. The fraction of sp³-hybridized carbons (Fsp3) is 0.739. The van der Waals surface area contributed by atoms with Crippen molar-refractivity contribution in [2.24, 2.45) is 29.6 Å². The van der Waals surface area contributed by atoms with Crippen molar-refractivity contribution in [3.8, 4) is 0 Å². The summed E-state index contributed by atoms with van der Waals surface area (Å²) in [5.41, 5.74) is 0.799. The molecule has 3 fully saturated rings. The van der Waals surface area contributed by atoms with Crippen molar-refractivity contribution >= 4 is 11.6 Å². The fourth-order valence-corrected chi connectivity index (χ4v) is 6.43. The lowest BCUT2D eigenvalue weighted by atomic mass is 9.61. The van der Waals surface area contributed by atoms with Crippen molar-refractivity contribution in [2.75, 3.05) is 0 Å². The molecule has 0 bridgehead atoms. The second-order valence-corrected chi connectivity index (χ2v) is 9.80. The van der Waals surface area contributed by atoms with E-state index in [1.165, 1.54) is 63.5 Å². The average molecular weight is 381 g/mol. The number of halogens is 3. The third-order valence-electron chi connectivity index (χ3n) is 7.83. The largest absolute Gasteiger partial charge is 0.205 e. The minimum atomic E-state index is -0.617. The number of hydrogen-bond donors (Lipinski definition) is 0. The third kappa shape index (κ3) is 3.81. The molecule has 4 rings (SSSR count). The van der Waals surface area contributed by atoms with Crippen molar-refractivity contribution in [1.29, 1.82) is 0 Å². The lowest BCUT2D eigenvalue weighted by Gasteiger charge is -2.45. The van der Waals surface area contributed by atoms with Crippen LogP contribution < -0.4 is 0 Å². The maximum Gasteiger partial charge on any atom is 0.145 e. The molecule has 0 amide bonds. The first-order valence-corrected chi connectivity index (χ1v) is 11.0. The van der Waals surface area contributed by atoms with Gasteiger partial charge in [-0.25, -0.2) is 8.78 Å². The molecule has 0 N–H and O–H groups in total. The Morgan fingerprint density at radius 3 is 1.88 bits per heavy atom. The molecular formula is C23H31ClF2. The van der Waals surface area contributed by atoms with Crippen LogP contribution in [0.3, 0.4) is 0 Å².